The van der Waals surface area contributed by atoms with Crippen molar-refractivity contribution in [2.75, 3.05) is 22.6 Å². The highest BCUT2D eigenvalue weighted by Gasteiger charge is 2.42. The normalized spacial score (nSPS) is 22.6. The number of nitrogens with one attached hydrogen (secondary N) is 2. The van der Waals surface area contributed by atoms with Gasteiger partial charge in [-0.1, -0.05) is 12.1 Å². The van der Waals surface area contributed by atoms with Gasteiger partial charge in [0.1, 0.15) is 5.82 Å². The molecular formula is C23H28N6O2. The van der Waals surface area contributed by atoms with E-state index in [4.69, 9.17) is 0 Å². The van der Waals surface area contributed by atoms with Crippen molar-refractivity contribution >= 4 is 34.7 Å². The predicted octanol–water partition coefficient (Wildman–Crippen LogP) is 3.44. The van der Waals surface area contributed by atoms with Gasteiger partial charge in [-0.2, -0.15) is 9.50 Å². The standard InChI is InChI=1S/C23H28N6O2/c1-23(2)17-12-9-15(13-18(17)28(3)21(23)31)25-22-26-20-6-4-5-19(29(20)27-22)24-14-7-10-16(30)11-8-14/h4-6,9,12-14,16,24,30H,7-8,10-11H2,1-3H3,(H,25,27)/t14-,16-. The van der Waals surface area contributed by atoms with Crippen LogP contribution in [-0.2, 0) is 10.2 Å². The van der Waals surface area contributed by atoms with E-state index in [1.165, 1.54) is 0 Å². The van der Waals surface area contributed by atoms with Crippen molar-refractivity contribution in [2.45, 2.75) is 57.1 Å². The Labute approximate surface area is 181 Å². The van der Waals surface area contributed by atoms with Gasteiger partial charge in [0.25, 0.3) is 0 Å². The van der Waals surface area contributed by atoms with Gasteiger partial charge in [-0.05, 0) is 69.4 Å². The van der Waals surface area contributed by atoms with E-state index in [0.717, 1.165) is 54.1 Å². The lowest BCUT2D eigenvalue weighted by molar-refractivity contribution is -0.121. The number of carbonyl (C=O) groups is 1. The van der Waals surface area contributed by atoms with Gasteiger partial charge >= 0.3 is 0 Å². The van der Waals surface area contributed by atoms with E-state index in [1.54, 1.807) is 9.42 Å². The highest BCUT2D eigenvalue weighted by molar-refractivity contribution is 6.07. The lowest BCUT2D eigenvalue weighted by atomic mass is 9.86. The van der Waals surface area contributed by atoms with E-state index < -0.39 is 5.41 Å². The van der Waals surface area contributed by atoms with Crippen LogP contribution in [0.2, 0.25) is 0 Å². The largest absolute Gasteiger partial charge is 0.393 e. The molecule has 31 heavy (non-hydrogen) atoms. The molecule has 8 heteroatoms. The Bertz CT molecular complexity index is 1150. The smallest absolute Gasteiger partial charge is 0.247 e. The van der Waals surface area contributed by atoms with Crippen molar-refractivity contribution in [1.29, 1.82) is 0 Å². The van der Waals surface area contributed by atoms with Gasteiger partial charge in [0, 0.05) is 24.5 Å². The van der Waals surface area contributed by atoms with Crippen LogP contribution < -0.4 is 15.5 Å². The highest BCUT2D eigenvalue weighted by Crippen LogP contribution is 2.42. The molecule has 1 amide bonds. The van der Waals surface area contributed by atoms with Crippen molar-refractivity contribution in [2.24, 2.45) is 0 Å². The third kappa shape index (κ3) is 3.40. The number of hydrogen-bond donors (Lipinski definition) is 3. The molecule has 1 aliphatic heterocycles. The summed E-state index contributed by atoms with van der Waals surface area (Å²) < 4.78 is 1.81. The van der Waals surface area contributed by atoms with Crippen molar-refractivity contribution < 1.29 is 9.90 Å². The summed E-state index contributed by atoms with van der Waals surface area (Å²) in [5.74, 6) is 1.48. The molecule has 0 saturated heterocycles. The van der Waals surface area contributed by atoms with E-state index in [1.807, 2.05) is 57.3 Å². The van der Waals surface area contributed by atoms with Crippen LogP contribution in [-0.4, -0.2) is 44.8 Å². The number of benzene rings is 1. The fraction of sp³-hybridized carbons (Fsp3) is 0.435. The minimum absolute atomic E-state index is 0.0939. The molecule has 1 aromatic carbocycles. The molecule has 0 unspecified atom stereocenters. The zero-order chi connectivity index (χ0) is 21.8. The first kappa shape index (κ1) is 19.8. The Hall–Kier alpha value is -3.13. The van der Waals surface area contributed by atoms with Crippen LogP contribution in [0, 0.1) is 0 Å². The zero-order valence-electron chi connectivity index (χ0n) is 18.1. The van der Waals surface area contributed by atoms with E-state index in [2.05, 4.69) is 20.7 Å². The maximum absolute atomic E-state index is 12.5. The molecular weight excluding hydrogens is 392 g/mol. The molecule has 0 bridgehead atoms. The number of fused-ring (bicyclic) bond motifs is 2. The number of hydrogen-bond acceptors (Lipinski definition) is 6. The van der Waals surface area contributed by atoms with Crippen LogP contribution in [0.1, 0.15) is 45.1 Å². The molecule has 0 spiro atoms. The molecule has 1 saturated carbocycles. The number of aliphatic hydroxyl groups is 1. The molecule has 1 aliphatic carbocycles. The Morgan fingerprint density at radius 2 is 1.90 bits per heavy atom. The number of amides is 1. The van der Waals surface area contributed by atoms with Crippen LogP contribution in [0.15, 0.2) is 36.4 Å². The van der Waals surface area contributed by atoms with Gasteiger partial charge < -0.3 is 20.6 Å². The van der Waals surface area contributed by atoms with Crippen molar-refractivity contribution in [1.82, 2.24) is 14.6 Å². The van der Waals surface area contributed by atoms with Crippen LogP contribution in [0.4, 0.5) is 23.1 Å². The Kier molecular flexibility index (Phi) is 4.62. The average Bonchev–Trinajstić information content (AvgIpc) is 3.23. The summed E-state index contributed by atoms with van der Waals surface area (Å²) in [5.41, 5.74) is 3.00. The van der Waals surface area contributed by atoms with Crippen LogP contribution >= 0.6 is 0 Å². The first-order valence-corrected chi connectivity index (χ1v) is 10.8. The molecule has 0 radical (unpaired) electrons. The molecule has 8 nitrogen and oxygen atoms in total. The van der Waals surface area contributed by atoms with Crippen LogP contribution in [0.3, 0.4) is 0 Å². The molecule has 3 heterocycles. The third-order valence-electron chi connectivity index (χ3n) is 6.54. The van der Waals surface area contributed by atoms with Gasteiger partial charge in [-0.3, -0.25) is 4.79 Å². The summed E-state index contributed by atoms with van der Waals surface area (Å²) in [7, 11) is 1.81. The molecule has 2 aromatic heterocycles. The van der Waals surface area contributed by atoms with Crippen molar-refractivity contribution in [3.63, 3.8) is 0 Å². The Morgan fingerprint density at radius 3 is 2.68 bits per heavy atom. The van der Waals surface area contributed by atoms with E-state index >= 15 is 0 Å². The molecule has 5 rings (SSSR count). The van der Waals surface area contributed by atoms with E-state index in [-0.39, 0.29) is 12.0 Å². The summed E-state index contributed by atoms with van der Waals surface area (Å²) in [6.45, 7) is 3.91. The van der Waals surface area contributed by atoms with Gasteiger partial charge in [0.05, 0.1) is 11.5 Å². The molecule has 0 atom stereocenters. The first-order chi connectivity index (χ1) is 14.8. The van der Waals surface area contributed by atoms with Gasteiger partial charge in [0.15, 0.2) is 5.65 Å². The number of aromatic nitrogens is 3. The topological polar surface area (TPSA) is 94.8 Å². The van der Waals surface area contributed by atoms with Crippen LogP contribution in [0.5, 0.6) is 0 Å². The number of carbonyl (C=O) groups excluding carboxylic acids is 1. The second kappa shape index (κ2) is 7.23. The first-order valence-electron chi connectivity index (χ1n) is 10.8. The lowest BCUT2D eigenvalue weighted by Gasteiger charge is -2.26. The highest BCUT2D eigenvalue weighted by atomic mass is 16.3. The predicted molar refractivity (Wildman–Crippen MR) is 121 cm³/mol. The second-order valence-electron chi connectivity index (χ2n) is 9.11. The molecule has 3 aromatic rings. The summed E-state index contributed by atoms with van der Waals surface area (Å²) >= 11 is 0. The lowest BCUT2D eigenvalue weighted by Crippen LogP contribution is -2.33. The number of rotatable bonds is 4. The minimum Gasteiger partial charge on any atom is -0.393 e. The monoisotopic (exact) mass is 420 g/mol. The number of likely N-dealkylation sites (N-methyl/N-ethyl adjacent to an activating group) is 1. The summed E-state index contributed by atoms with van der Waals surface area (Å²) in [5, 5.41) is 21.2. The number of nitrogens with zero attached hydrogens (tertiary/aromatic N) is 4. The summed E-state index contributed by atoms with van der Waals surface area (Å²) in [6, 6.07) is 12.1. The third-order valence-corrected chi connectivity index (χ3v) is 6.54. The summed E-state index contributed by atoms with van der Waals surface area (Å²) in [4.78, 5) is 18.9. The van der Waals surface area contributed by atoms with Gasteiger partial charge in [0.2, 0.25) is 11.9 Å². The average molecular weight is 421 g/mol. The number of pyridine rings is 1. The zero-order valence-corrected chi connectivity index (χ0v) is 18.1. The molecule has 1 fully saturated rings. The number of aliphatic hydroxyl groups excluding tert-OH is 1. The van der Waals surface area contributed by atoms with Gasteiger partial charge in [-0.25, -0.2) is 0 Å². The van der Waals surface area contributed by atoms with Crippen molar-refractivity contribution in [3.05, 3.63) is 42.0 Å². The molecule has 162 valence electrons. The Morgan fingerprint density at radius 1 is 1.13 bits per heavy atom. The fourth-order valence-electron chi connectivity index (χ4n) is 4.69. The van der Waals surface area contributed by atoms with Crippen molar-refractivity contribution in [3.8, 4) is 0 Å². The number of anilines is 4. The Balaban J connectivity index is 1.39. The second-order valence-corrected chi connectivity index (χ2v) is 9.11. The summed E-state index contributed by atoms with van der Waals surface area (Å²) in [6.07, 6.45) is 3.35. The minimum atomic E-state index is -0.514. The van der Waals surface area contributed by atoms with E-state index in [9.17, 15) is 9.90 Å². The van der Waals surface area contributed by atoms with E-state index in [0.29, 0.717) is 12.0 Å². The molecule has 3 N–H and O–H groups in total. The quantitative estimate of drug-likeness (QED) is 0.599. The van der Waals surface area contributed by atoms with Crippen LogP contribution in [0.25, 0.3) is 5.65 Å². The maximum Gasteiger partial charge on any atom is 0.247 e. The van der Waals surface area contributed by atoms with Gasteiger partial charge in [-0.15, -0.1) is 5.10 Å². The fourth-order valence-corrected chi connectivity index (χ4v) is 4.69. The maximum atomic E-state index is 12.5. The SMILES string of the molecule is CN1C(=O)C(C)(C)c2ccc(Nc3nc4cccc(N[C@H]5CC[C@H](O)CC5)n4n3)cc21. The molecule has 2 aliphatic rings.